The average Bonchev–Trinajstić information content (AvgIpc) is 3.32. The third-order valence-corrected chi connectivity index (χ3v) is 7.35. The van der Waals surface area contributed by atoms with Gasteiger partial charge in [0.2, 0.25) is 5.95 Å². The van der Waals surface area contributed by atoms with Crippen LogP contribution in [0.2, 0.25) is 0 Å². The quantitative estimate of drug-likeness (QED) is 0.449. The zero-order valence-corrected chi connectivity index (χ0v) is 22.3. The van der Waals surface area contributed by atoms with Gasteiger partial charge in [0.15, 0.2) is 11.5 Å². The van der Waals surface area contributed by atoms with Gasteiger partial charge < -0.3 is 30.1 Å². The number of amides is 2. The molecule has 0 unspecified atom stereocenters. The summed E-state index contributed by atoms with van der Waals surface area (Å²) >= 11 is 0. The number of aromatic nitrogens is 3. The van der Waals surface area contributed by atoms with Crippen LogP contribution in [0.25, 0.3) is 11.5 Å². The van der Waals surface area contributed by atoms with Gasteiger partial charge in [-0.15, -0.1) is 0 Å². The van der Waals surface area contributed by atoms with E-state index in [0.29, 0.717) is 40.8 Å². The minimum absolute atomic E-state index is 0.124. The van der Waals surface area contributed by atoms with Crippen molar-refractivity contribution >= 4 is 23.5 Å². The molecule has 11 heteroatoms. The van der Waals surface area contributed by atoms with Crippen molar-refractivity contribution in [3.63, 3.8) is 0 Å². The molecule has 2 aliphatic rings. The molecule has 3 aromatic rings. The van der Waals surface area contributed by atoms with Crippen molar-refractivity contribution in [3.05, 3.63) is 46.8 Å². The highest BCUT2D eigenvalue weighted by Gasteiger charge is 2.38. The summed E-state index contributed by atoms with van der Waals surface area (Å²) in [6.07, 6.45) is 4.21. The molecule has 0 spiro atoms. The summed E-state index contributed by atoms with van der Waals surface area (Å²) < 4.78 is 11.2. The minimum atomic E-state index is -0.324. The largest absolute Gasteiger partial charge is 0.495 e. The lowest BCUT2D eigenvalue weighted by molar-refractivity contribution is 0.0914. The number of hydrogen-bond donors (Lipinski definition) is 3. The molecule has 0 radical (unpaired) electrons. The Balaban J connectivity index is 1.40. The second-order valence-corrected chi connectivity index (χ2v) is 10.5. The van der Waals surface area contributed by atoms with E-state index in [9.17, 15) is 9.59 Å². The van der Waals surface area contributed by atoms with Crippen LogP contribution in [0.15, 0.2) is 28.9 Å². The van der Waals surface area contributed by atoms with Gasteiger partial charge in [0.1, 0.15) is 11.4 Å². The Morgan fingerprint density at radius 1 is 1.18 bits per heavy atom. The molecule has 5 rings (SSSR count). The van der Waals surface area contributed by atoms with Crippen LogP contribution in [0.1, 0.15) is 58.7 Å². The molecule has 11 nitrogen and oxygen atoms in total. The van der Waals surface area contributed by atoms with Gasteiger partial charge >= 0.3 is 0 Å². The summed E-state index contributed by atoms with van der Waals surface area (Å²) in [7, 11) is 5.21. The molecule has 0 saturated carbocycles. The lowest BCUT2D eigenvalue weighted by atomic mass is 9.74. The molecule has 1 fully saturated rings. The lowest BCUT2D eigenvalue weighted by Gasteiger charge is -2.30. The number of likely N-dealkylation sites (tertiary alicyclic amines) is 1. The summed E-state index contributed by atoms with van der Waals surface area (Å²) in [5.41, 5.74) is 3.30. The van der Waals surface area contributed by atoms with Crippen LogP contribution in [-0.2, 0) is 11.8 Å². The highest BCUT2D eigenvalue weighted by Crippen LogP contribution is 2.43. The van der Waals surface area contributed by atoms with E-state index in [4.69, 9.17) is 14.2 Å². The van der Waals surface area contributed by atoms with Crippen molar-refractivity contribution in [1.29, 1.82) is 0 Å². The first-order valence-electron chi connectivity index (χ1n) is 12.7. The van der Waals surface area contributed by atoms with E-state index in [1.807, 2.05) is 0 Å². The van der Waals surface area contributed by atoms with Crippen LogP contribution in [0.3, 0.4) is 0 Å². The summed E-state index contributed by atoms with van der Waals surface area (Å²) in [4.78, 5) is 36.7. The van der Waals surface area contributed by atoms with Crippen LogP contribution >= 0.6 is 0 Å². The normalized spacial score (nSPS) is 16.8. The van der Waals surface area contributed by atoms with Crippen molar-refractivity contribution in [3.8, 4) is 17.2 Å². The molecule has 2 aromatic heterocycles. The van der Waals surface area contributed by atoms with Gasteiger partial charge in [-0.05, 0) is 63.0 Å². The topological polar surface area (TPSA) is 135 Å². The first-order valence-corrected chi connectivity index (χ1v) is 12.7. The maximum absolute atomic E-state index is 12.9. The van der Waals surface area contributed by atoms with Crippen LogP contribution < -0.4 is 20.7 Å². The zero-order valence-electron chi connectivity index (χ0n) is 22.3. The summed E-state index contributed by atoms with van der Waals surface area (Å²) in [5.74, 6) is 0.862. The van der Waals surface area contributed by atoms with Gasteiger partial charge in [0.25, 0.3) is 11.8 Å². The number of methoxy groups -OCH3 is 1. The standard InChI is InChI=1S/C27H33N7O4/c1-27(2)13-17-21(25(36)28-3)33-38-23(17)22-18(27)14-29-26(32-22)31-19-7-6-15(12-20(19)37-5)24(35)30-16-8-10-34(4)11-9-16/h6-7,12,14,16H,8-11,13H2,1-5H3,(H,28,36)(H,30,35)(H,29,31,32). The van der Waals surface area contributed by atoms with Crippen LogP contribution in [-0.4, -0.2) is 72.2 Å². The fourth-order valence-corrected chi connectivity index (χ4v) is 5.08. The number of nitrogens with one attached hydrogen (secondary N) is 3. The third kappa shape index (κ3) is 4.81. The number of anilines is 2. The third-order valence-electron chi connectivity index (χ3n) is 7.35. The second-order valence-electron chi connectivity index (χ2n) is 10.5. The smallest absolute Gasteiger partial charge is 0.273 e. The Kier molecular flexibility index (Phi) is 6.78. The molecule has 200 valence electrons. The fraction of sp³-hybridized carbons (Fsp3) is 0.444. The molecule has 1 saturated heterocycles. The molecule has 2 amide bonds. The van der Waals surface area contributed by atoms with Gasteiger partial charge in [0.05, 0.1) is 12.8 Å². The van der Waals surface area contributed by atoms with Gasteiger partial charge in [-0.1, -0.05) is 19.0 Å². The summed E-state index contributed by atoms with van der Waals surface area (Å²) in [6.45, 7) is 6.09. The predicted octanol–water partition coefficient (Wildman–Crippen LogP) is 2.90. The molecule has 0 bridgehead atoms. The van der Waals surface area contributed by atoms with Crippen molar-refractivity contribution in [2.24, 2.45) is 0 Å². The predicted molar refractivity (Wildman–Crippen MR) is 142 cm³/mol. The molecule has 0 atom stereocenters. The van der Waals surface area contributed by atoms with Crippen molar-refractivity contribution in [1.82, 2.24) is 30.7 Å². The van der Waals surface area contributed by atoms with Gasteiger partial charge in [-0.2, -0.15) is 0 Å². The van der Waals surface area contributed by atoms with Crippen molar-refractivity contribution in [2.45, 2.75) is 44.6 Å². The number of rotatable bonds is 6. The number of piperidine rings is 1. The Labute approximate surface area is 221 Å². The molecule has 3 heterocycles. The van der Waals surface area contributed by atoms with Gasteiger partial charge in [-0.3, -0.25) is 9.59 Å². The number of benzene rings is 1. The first kappa shape index (κ1) is 25.7. The van der Waals surface area contributed by atoms with Gasteiger partial charge in [-0.25, -0.2) is 9.97 Å². The Morgan fingerprint density at radius 3 is 2.66 bits per heavy atom. The van der Waals surface area contributed by atoms with E-state index in [2.05, 4.69) is 51.9 Å². The average molecular weight is 520 g/mol. The molecule has 3 N–H and O–H groups in total. The molecule has 1 aliphatic heterocycles. The van der Waals surface area contributed by atoms with E-state index in [1.54, 1.807) is 38.6 Å². The molecular formula is C27H33N7O4. The minimum Gasteiger partial charge on any atom is -0.495 e. The highest BCUT2D eigenvalue weighted by molar-refractivity contribution is 5.96. The Morgan fingerprint density at radius 2 is 1.95 bits per heavy atom. The maximum atomic E-state index is 12.9. The van der Waals surface area contributed by atoms with E-state index in [1.165, 1.54) is 0 Å². The molecular weight excluding hydrogens is 486 g/mol. The molecule has 1 aliphatic carbocycles. The number of nitrogens with zero attached hydrogens (tertiary/aromatic N) is 4. The first-order chi connectivity index (χ1) is 18.2. The lowest BCUT2D eigenvalue weighted by Crippen LogP contribution is -2.43. The SMILES string of the molecule is CNC(=O)c1noc2c1CC(C)(C)c1cnc(Nc3ccc(C(=O)NC4CCN(C)CC4)cc3OC)nc1-2. The van der Waals surface area contributed by atoms with Crippen molar-refractivity contribution in [2.75, 3.05) is 39.6 Å². The molecule has 38 heavy (non-hydrogen) atoms. The molecule has 1 aromatic carbocycles. The second kappa shape index (κ2) is 10.1. The number of fused-ring (bicyclic) bond motifs is 3. The van der Waals surface area contributed by atoms with E-state index in [0.717, 1.165) is 37.1 Å². The highest BCUT2D eigenvalue weighted by atomic mass is 16.5. The maximum Gasteiger partial charge on any atom is 0.273 e. The zero-order chi connectivity index (χ0) is 27.0. The number of carbonyl (C=O) groups is 2. The Hall–Kier alpha value is -3.99. The fourth-order valence-electron chi connectivity index (χ4n) is 5.08. The van der Waals surface area contributed by atoms with Crippen molar-refractivity contribution < 1.29 is 18.8 Å². The van der Waals surface area contributed by atoms with E-state index < -0.39 is 0 Å². The Bertz CT molecular complexity index is 1380. The number of carbonyl (C=O) groups excluding carboxylic acids is 2. The van der Waals surface area contributed by atoms with E-state index in [-0.39, 0.29) is 29.0 Å². The summed E-state index contributed by atoms with van der Waals surface area (Å²) in [5, 5.41) is 13.0. The van der Waals surface area contributed by atoms with Gasteiger partial charge in [0, 0.05) is 36.0 Å². The van der Waals surface area contributed by atoms with E-state index >= 15 is 0 Å². The number of hydrogen-bond acceptors (Lipinski definition) is 9. The summed E-state index contributed by atoms with van der Waals surface area (Å²) in [6, 6.07) is 5.40. The monoisotopic (exact) mass is 519 g/mol. The van der Waals surface area contributed by atoms with Crippen LogP contribution in [0.5, 0.6) is 5.75 Å². The van der Waals surface area contributed by atoms with Crippen LogP contribution in [0, 0.1) is 0 Å². The number of ether oxygens (including phenoxy) is 1. The van der Waals surface area contributed by atoms with Crippen LogP contribution in [0.4, 0.5) is 11.6 Å².